The summed E-state index contributed by atoms with van der Waals surface area (Å²) in [5, 5.41) is 5.14. The number of carbonyl (C=O) groups excluding carboxylic acids is 1. The molecule has 5 rings (SSSR count). The molecule has 1 fully saturated rings. The maximum absolute atomic E-state index is 13.4. The van der Waals surface area contributed by atoms with E-state index < -0.39 is 17.7 Å². The van der Waals surface area contributed by atoms with E-state index in [1.54, 1.807) is 12.2 Å². The molecule has 1 saturated heterocycles. The number of aromatic nitrogens is 3. The van der Waals surface area contributed by atoms with E-state index in [-0.39, 0.29) is 11.7 Å². The van der Waals surface area contributed by atoms with Crippen molar-refractivity contribution in [2.24, 2.45) is 0 Å². The summed E-state index contributed by atoms with van der Waals surface area (Å²) in [6.45, 7) is 21.3. The van der Waals surface area contributed by atoms with Gasteiger partial charge in [-0.15, -0.1) is 6.58 Å². The summed E-state index contributed by atoms with van der Waals surface area (Å²) in [7, 11) is 1.38. The Morgan fingerprint density at radius 2 is 1.77 bits per heavy atom. The van der Waals surface area contributed by atoms with Crippen LogP contribution in [0.25, 0.3) is 28.0 Å². The predicted molar refractivity (Wildman–Crippen MR) is 190 cm³/mol. The normalized spacial score (nSPS) is 15.9. The number of ether oxygens (including phenoxy) is 4. The van der Waals surface area contributed by atoms with Crippen molar-refractivity contribution < 1.29 is 23.7 Å². The number of carbonyl (C=O) groups is 1. The van der Waals surface area contributed by atoms with Crippen molar-refractivity contribution in [1.29, 1.82) is 0 Å². The zero-order valence-electron chi connectivity index (χ0n) is 29.3. The van der Waals surface area contributed by atoms with Gasteiger partial charge in [-0.2, -0.15) is 9.61 Å². The molecule has 9 heteroatoms. The van der Waals surface area contributed by atoms with Crippen LogP contribution in [0.5, 0.6) is 5.75 Å². The van der Waals surface area contributed by atoms with Gasteiger partial charge in [-0.25, -0.2) is 9.78 Å². The van der Waals surface area contributed by atoms with Crippen LogP contribution in [-0.2, 0) is 19.0 Å². The van der Waals surface area contributed by atoms with Gasteiger partial charge in [0.2, 0.25) is 0 Å². The molecular formula is C39H48N4O5. The predicted octanol–water partition coefficient (Wildman–Crippen LogP) is 7.92. The van der Waals surface area contributed by atoms with Gasteiger partial charge < -0.3 is 23.8 Å². The summed E-state index contributed by atoms with van der Waals surface area (Å²) in [5.74, 6) is 1.06. The molecule has 2 atom stereocenters. The third-order valence-corrected chi connectivity index (χ3v) is 8.62. The number of para-hydroxylation sites is 1. The molecule has 2 aromatic heterocycles. The van der Waals surface area contributed by atoms with Crippen molar-refractivity contribution in [2.45, 2.75) is 77.8 Å². The zero-order valence-corrected chi connectivity index (χ0v) is 29.3. The summed E-state index contributed by atoms with van der Waals surface area (Å²) in [6, 6.07) is 18.2. The number of esters is 1. The minimum absolute atomic E-state index is 0.132. The average molecular weight is 653 g/mol. The van der Waals surface area contributed by atoms with Crippen LogP contribution in [0.15, 0.2) is 79.9 Å². The van der Waals surface area contributed by atoms with E-state index in [9.17, 15) is 4.79 Å². The number of rotatable bonds is 12. The largest absolute Gasteiger partial charge is 0.486 e. The van der Waals surface area contributed by atoms with Crippen LogP contribution in [0.2, 0.25) is 0 Å². The van der Waals surface area contributed by atoms with Gasteiger partial charge >= 0.3 is 5.97 Å². The van der Waals surface area contributed by atoms with E-state index in [0.29, 0.717) is 36.6 Å². The molecule has 1 aliphatic heterocycles. The Balaban J connectivity index is 1.64. The number of piperidine rings is 1. The molecule has 1 unspecified atom stereocenters. The number of benzene rings is 2. The highest BCUT2D eigenvalue weighted by molar-refractivity contribution is 5.81. The van der Waals surface area contributed by atoms with E-state index in [2.05, 4.69) is 37.1 Å². The Hall–Kier alpha value is -4.47. The lowest BCUT2D eigenvalue weighted by atomic mass is 9.92. The van der Waals surface area contributed by atoms with Gasteiger partial charge in [-0.1, -0.05) is 55.1 Å². The highest BCUT2D eigenvalue weighted by Gasteiger charge is 2.38. The molecule has 0 amide bonds. The first kappa shape index (κ1) is 34.9. The Labute approximate surface area is 284 Å². The van der Waals surface area contributed by atoms with E-state index >= 15 is 0 Å². The summed E-state index contributed by atoms with van der Waals surface area (Å²) in [4.78, 5) is 20.6. The first-order valence-electron chi connectivity index (χ1n) is 16.5. The summed E-state index contributed by atoms with van der Waals surface area (Å²) >= 11 is 0. The number of nitrogens with zero attached hydrogens (tertiary/aromatic N) is 4. The van der Waals surface area contributed by atoms with Crippen molar-refractivity contribution in [1.82, 2.24) is 14.6 Å². The van der Waals surface area contributed by atoms with Gasteiger partial charge in [0.1, 0.15) is 17.7 Å². The number of methoxy groups -OCH3 is 1. The van der Waals surface area contributed by atoms with E-state index in [1.807, 2.05) is 81.6 Å². The fraction of sp³-hybridized carbons (Fsp3) is 0.410. The molecule has 9 nitrogen and oxygen atoms in total. The molecular weight excluding hydrogens is 604 g/mol. The Kier molecular flexibility index (Phi) is 10.4. The van der Waals surface area contributed by atoms with Gasteiger partial charge in [0.05, 0.1) is 36.2 Å². The van der Waals surface area contributed by atoms with Crippen molar-refractivity contribution in [3.8, 4) is 28.1 Å². The first-order valence-corrected chi connectivity index (χ1v) is 16.5. The summed E-state index contributed by atoms with van der Waals surface area (Å²) < 4.78 is 25.9. The Morgan fingerprint density at radius 1 is 1.06 bits per heavy atom. The fourth-order valence-corrected chi connectivity index (χ4v) is 6.05. The number of hydrogen-bond acceptors (Lipinski definition) is 8. The third-order valence-electron chi connectivity index (χ3n) is 8.62. The maximum atomic E-state index is 13.4. The lowest BCUT2D eigenvalue weighted by molar-refractivity contribution is -0.164. The molecule has 254 valence electrons. The van der Waals surface area contributed by atoms with Crippen molar-refractivity contribution in [3.63, 3.8) is 0 Å². The Bertz CT molecular complexity index is 1780. The number of hydrogen-bond donors (Lipinski definition) is 0. The molecule has 0 bridgehead atoms. The Morgan fingerprint density at radius 3 is 2.44 bits per heavy atom. The quantitative estimate of drug-likeness (QED) is 0.113. The van der Waals surface area contributed by atoms with Gasteiger partial charge in [0, 0.05) is 36.0 Å². The molecule has 0 spiro atoms. The van der Waals surface area contributed by atoms with Crippen LogP contribution >= 0.6 is 0 Å². The zero-order chi connectivity index (χ0) is 34.6. The number of aryl methyl sites for hydroxylation is 1. The molecule has 3 heterocycles. The highest BCUT2D eigenvalue weighted by atomic mass is 16.6. The van der Waals surface area contributed by atoms with Gasteiger partial charge in [0.15, 0.2) is 11.8 Å². The molecule has 0 aliphatic carbocycles. The van der Waals surface area contributed by atoms with E-state index in [1.165, 1.54) is 7.11 Å². The monoisotopic (exact) mass is 652 g/mol. The first-order chi connectivity index (χ1) is 22.9. The fourth-order valence-electron chi connectivity index (χ4n) is 6.05. The van der Waals surface area contributed by atoms with Crippen LogP contribution in [0, 0.1) is 6.92 Å². The maximum Gasteiger partial charge on any atom is 0.339 e. The molecule has 48 heavy (non-hydrogen) atoms. The van der Waals surface area contributed by atoms with Crippen molar-refractivity contribution in [2.75, 3.05) is 31.7 Å². The third kappa shape index (κ3) is 7.63. The second kappa shape index (κ2) is 14.3. The highest BCUT2D eigenvalue weighted by Crippen LogP contribution is 2.39. The van der Waals surface area contributed by atoms with Crippen LogP contribution < -0.4 is 9.64 Å². The van der Waals surface area contributed by atoms with Gasteiger partial charge in [-0.05, 0) is 72.1 Å². The lowest BCUT2D eigenvalue weighted by Gasteiger charge is -2.41. The summed E-state index contributed by atoms with van der Waals surface area (Å²) in [5.41, 5.74) is 4.74. The second-order valence-electron chi connectivity index (χ2n) is 13.5. The topological polar surface area (TPSA) is 87.4 Å². The number of anilines is 1. The molecule has 4 aromatic rings. The number of fused-ring (bicyclic) bond motifs is 1. The second-order valence-corrected chi connectivity index (χ2v) is 13.5. The van der Waals surface area contributed by atoms with Crippen LogP contribution in [-0.4, -0.2) is 64.7 Å². The van der Waals surface area contributed by atoms with Gasteiger partial charge in [0.25, 0.3) is 0 Å². The molecule has 0 radical (unpaired) electrons. The minimum atomic E-state index is -1.00. The smallest absolute Gasteiger partial charge is 0.339 e. The molecule has 2 aromatic carbocycles. The molecule has 1 aliphatic rings. The van der Waals surface area contributed by atoms with Gasteiger partial charge in [-0.3, -0.25) is 0 Å². The minimum Gasteiger partial charge on any atom is -0.486 e. The lowest BCUT2D eigenvalue weighted by Crippen LogP contribution is -2.45. The van der Waals surface area contributed by atoms with Crippen LogP contribution in [0.3, 0.4) is 0 Å². The SMILES string of the molecule is C=CCOC1(C)CCN(c2c([C@H](OC(C)(C)C)C(=O)OC)c(C)nc3cc(-c4cccc(-c5ccccc5OC(C)C=C)c4)nn23)CC1. The molecule has 0 saturated carbocycles. The van der Waals surface area contributed by atoms with Crippen molar-refractivity contribution in [3.05, 3.63) is 91.2 Å². The standard InChI is InChI=1S/C39H48N4O5/c1-10-23-46-39(8)19-21-42(22-20-39)36-34(35(37(44)45-9)48-38(5,6)7)27(4)40-33-25-31(41-43(33)36)29-16-14-15-28(24-29)30-17-12-13-18-32(30)47-26(3)11-2/h10-18,24-26,35H,1-2,19-23H2,3-9H3/t26?,35-/m0/s1. The van der Waals surface area contributed by atoms with E-state index in [4.69, 9.17) is 29.0 Å². The van der Waals surface area contributed by atoms with Crippen LogP contribution in [0.4, 0.5) is 5.82 Å². The van der Waals surface area contributed by atoms with Crippen molar-refractivity contribution >= 4 is 17.4 Å². The summed E-state index contributed by atoms with van der Waals surface area (Å²) in [6.07, 6.45) is 4.00. The van der Waals surface area contributed by atoms with E-state index in [0.717, 1.165) is 46.8 Å². The molecule has 0 N–H and O–H groups in total. The van der Waals surface area contributed by atoms with Crippen LogP contribution in [0.1, 0.15) is 64.8 Å². The average Bonchev–Trinajstić information content (AvgIpc) is 3.49.